The number of benzene rings is 3. The number of oxazole rings is 1. The van der Waals surface area contributed by atoms with Gasteiger partial charge in [0.25, 0.3) is 0 Å². The molecule has 0 aliphatic carbocycles. The standard InChI is InChI=1S/C23H15Cl2IN2O3/c1-30-22-13(9-15(24)11-18(22)25)5-8-21(29)27-17-6-7-20-19(12-17)28-23(31-20)14-3-2-4-16(26)10-14/h2-12H,1H3,(H,27,29)/b8-5+. The number of ether oxygens (including phenoxy) is 1. The van der Waals surface area contributed by atoms with Crippen molar-refractivity contribution in [3.63, 3.8) is 0 Å². The predicted molar refractivity (Wildman–Crippen MR) is 133 cm³/mol. The van der Waals surface area contributed by atoms with Gasteiger partial charge in [0.05, 0.1) is 12.1 Å². The minimum atomic E-state index is -0.321. The molecule has 31 heavy (non-hydrogen) atoms. The van der Waals surface area contributed by atoms with Crippen molar-refractivity contribution in [2.24, 2.45) is 0 Å². The van der Waals surface area contributed by atoms with Crippen molar-refractivity contribution in [1.29, 1.82) is 0 Å². The Morgan fingerprint density at radius 1 is 1.16 bits per heavy atom. The van der Waals surface area contributed by atoms with Crippen LogP contribution in [-0.2, 0) is 4.79 Å². The van der Waals surface area contributed by atoms with E-state index in [-0.39, 0.29) is 5.91 Å². The van der Waals surface area contributed by atoms with Crippen LogP contribution in [0.3, 0.4) is 0 Å². The largest absolute Gasteiger partial charge is 0.495 e. The van der Waals surface area contributed by atoms with Crippen LogP contribution in [0.1, 0.15) is 5.56 Å². The van der Waals surface area contributed by atoms with Gasteiger partial charge in [-0.2, -0.15) is 0 Å². The molecule has 1 heterocycles. The molecule has 0 atom stereocenters. The quantitative estimate of drug-likeness (QED) is 0.208. The molecule has 0 saturated heterocycles. The van der Waals surface area contributed by atoms with Gasteiger partial charge >= 0.3 is 0 Å². The lowest BCUT2D eigenvalue weighted by molar-refractivity contribution is -0.111. The molecule has 0 aliphatic rings. The van der Waals surface area contributed by atoms with Crippen LogP contribution >= 0.6 is 45.8 Å². The second-order valence-electron chi connectivity index (χ2n) is 6.54. The van der Waals surface area contributed by atoms with Crippen LogP contribution in [0.4, 0.5) is 5.69 Å². The van der Waals surface area contributed by atoms with Crippen LogP contribution in [0.2, 0.25) is 10.0 Å². The van der Waals surface area contributed by atoms with E-state index < -0.39 is 0 Å². The van der Waals surface area contributed by atoms with Crippen molar-refractivity contribution in [2.75, 3.05) is 12.4 Å². The summed E-state index contributed by atoms with van der Waals surface area (Å²) in [7, 11) is 1.50. The van der Waals surface area contributed by atoms with Crippen LogP contribution in [0.5, 0.6) is 5.75 Å². The van der Waals surface area contributed by atoms with Crippen molar-refractivity contribution >= 4 is 74.6 Å². The molecule has 0 unspecified atom stereocenters. The van der Waals surface area contributed by atoms with E-state index in [9.17, 15) is 4.79 Å². The highest BCUT2D eigenvalue weighted by Crippen LogP contribution is 2.33. The monoisotopic (exact) mass is 564 g/mol. The molecule has 4 aromatic rings. The normalized spacial score (nSPS) is 11.2. The van der Waals surface area contributed by atoms with Gasteiger partial charge in [0.15, 0.2) is 5.58 Å². The Kier molecular flexibility index (Phi) is 6.50. The fourth-order valence-electron chi connectivity index (χ4n) is 3.02. The second kappa shape index (κ2) is 9.30. The summed E-state index contributed by atoms with van der Waals surface area (Å²) in [5.74, 6) is 0.655. The van der Waals surface area contributed by atoms with Crippen LogP contribution in [0, 0.1) is 3.57 Å². The maximum atomic E-state index is 12.4. The molecule has 5 nitrogen and oxygen atoms in total. The minimum Gasteiger partial charge on any atom is -0.495 e. The maximum Gasteiger partial charge on any atom is 0.248 e. The van der Waals surface area contributed by atoms with Gasteiger partial charge in [0.2, 0.25) is 11.8 Å². The molecule has 3 aromatic carbocycles. The molecule has 0 spiro atoms. The molecule has 1 N–H and O–H groups in total. The Balaban J connectivity index is 1.53. The molecular weight excluding hydrogens is 550 g/mol. The number of fused-ring (bicyclic) bond motifs is 1. The average Bonchev–Trinajstić information content (AvgIpc) is 3.15. The van der Waals surface area contributed by atoms with Crippen LogP contribution in [-0.4, -0.2) is 18.0 Å². The Labute approximate surface area is 202 Å². The predicted octanol–water partition coefficient (Wildman–Crippen LogP) is 7.07. The molecule has 0 fully saturated rings. The third-order valence-electron chi connectivity index (χ3n) is 4.38. The highest BCUT2D eigenvalue weighted by atomic mass is 127. The first kappa shape index (κ1) is 21.7. The lowest BCUT2D eigenvalue weighted by atomic mass is 10.2. The zero-order valence-electron chi connectivity index (χ0n) is 16.2. The SMILES string of the molecule is COc1c(Cl)cc(Cl)cc1/C=C/C(=O)Nc1ccc2oc(-c3cccc(I)c3)nc2c1. The number of nitrogens with one attached hydrogen (secondary N) is 1. The van der Waals surface area contributed by atoms with Gasteiger partial charge in [-0.3, -0.25) is 4.79 Å². The van der Waals surface area contributed by atoms with E-state index >= 15 is 0 Å². The number of hydrogen-bond acceptors (Lipinski definition) is 4. The van der Waals surface area contributed by atoms with Crippen LogP contribution in [0.25, 0.3) is 28.6 Å². The third-order valence-corrected chi connectivity index (χ3v) is 5.55. The summed E-state index contributed by atoms with van der Waals surface area (Å²) in [6, 6.07) is 16.4. The molecule has 1 amide bonds. The summed E-state index contributed by atoms with van der Waals surface area (Å²) < 4.78 is 12.2. The summed E-state index contributed by atoms with van der Waals surface area (Å²) in [4.78, 5) is 16.9. The Morgan fingerprint density at radius 2 is 2.00 bits per heavy atom. The molecule has 0 radical (unpaired) electrons. The van der Waals surface area contributed by atoms with Gasteiger partial charge in [0.1, 0.15) is 11.3 Å². The minimum absolute atomic E-state index is 0.321. The van der Waals surface area contributed by atoms with Crippen molar-refractivity contribution in [2.45, 2.75) is 0 Å². The number of anilines is 1. The number of aromatic nitrogens is 1. The highest BCUT2D eigenvalue weighted by molar-refractivity contribution is 14.1. The van der Waals surface area contributed by atoms with Crippen molar-refractivity contribution in [3.8, 4) is 17.2 Å². The van der Waals surface area contributed by atoms with Crippen molar-refractivity contribution in [3.05, 3.63) is 79.9 Å². The van der Waals surface area contributed by atoms with Gasteiger partial charge in [-0.25, -0.2) is 4.98 Å². The Morgan fingerprint density at radius 3 is 2.77 bits per heavy atom. The number of carbonyl (C=O) groups is 1. The van der Waals surface area contributed by atoms with E-state index in [1.54, 1.807) is 36.4 Å². The summed E-state index contributed by atoms with van der Waals surface area (Å²) >= 11 is 14.4. The Hall–Kier alpha value is -2.55. The highest BCUT2D eigenvalue weighted by Gasteiger charge is 2.11. The van der Waals surface area contributed by atoms with E-state index in [0.717, 1.165) is 9.13 Å². The van der Waals surface area contributed by atoms with Crippen molar-refractivity contribution < 1.29 is 13.9 Å². The fraction of sp³-hybridized carbons (Fsp3) is 0.0435. The fourth-order valence-corrected chi connectivity index (χ4v) is 4.15. The molecule has 0 aliphatic heterocycles. The summed E-state index contributed by atoms with van der Waals surface area (Å²) in [6.45, 7) is 0. The lowest BCUT2D eigenvalue weighted by Crippen LogP contribution is -2.07. The Bertz CT molecular complexity index is 1320. The van der Waals surface area contributed by atoms with Gasteiger partial charge in [-0.05, 0) is 77.2 Å². The first-order valence-electron chi connectivity index (χ1n) is 9.11. The first-order chi connectivity index (χ1) is 14.9. The van der Waals surface area contributed by atoms with Gasteiger partial charge in [-0.1, -0.05) is 29.3 Å². The topological polar surface area (TPSA) is 64.4 Å². The number of nitrogens with zero attached hydrogens (tertiary/aromatic N) is 1. The summed E-state index contributed by atoms with van der Waals surface area (Å²) in [6.07, 6.45) is 2.98. The second-order valence-corrected chi connectivity index (χ2v) is 8.63. The van der Waals surface area contributed by atoms with Gasteiger partial charge < -0.3 is 14.5 Å². The van der Waals surface area contributed by atoms with Gasteiger partial charge in [-0.15, -0.1) is 0 Å². The smallest absolute Gasteiger partial charge is 0.248 e. The molecule has 1 aromatic heterocycles. The molecular formula is C23H15Cl2IN2O3. The van der Waals surface area contributed by atoms with E-state index in [0.29, 0.717) is 44.0 Å². The molecule has 0 saturated carbocycles. The first-order valence-corrected chi connectivity index (χ1v) is 10.9. The number of rotatable bonds is 5. The van der Waals surface area contributed by atoms with Gasteiger partial charge in [0, 0.05) is 31.5 Å². The van der Waals surface area contributed by atoms with E-state index in [2.05, 4.69) is 32.9 Å². The number of carbonyl (C=O) groups excluding carboxylic acids is 1. The average molecular weight is 565 g/mol. The third kappa shape index (κ3) is 5.03. The molecule has 0 bridgehead atoms. The lowest BCUT2D eigenvalue weighted by Gasteiger charge is -2.08. The summed E-state index contributed by atoms with van der Waals surface area (Å²) in [5, 5.41) is 3.63. The summed E-state index contributed by atoms with van der Waals surface area (Å²) in [5.41, 5.74) is 3.38. The number of methoxy groups -OCH3 is 1. The maximum absolute atomic E-state index is 12.4. The molecule has 8 heteroatoms. The van der Waals surface area contributed by atoms with E-state index in [1.807, 2.05) is 24.3 Å². The zero-order valence-corrected chi connectivity index (χ0v) is 19.8. The molecule has 4 rings (SSSR count). The van der Waals surface area contributed by atoms with Crippen LogP contribution in [0.15, 0.2) is 65.1 Å². The van der Waals surface area contributed by atoms with Crippen LogP contribution < -0.4 is 10.1 Å². The number of hydrogen-bond donors (Lipinski definition) is 1. The number of amides is 1. The molecule has 156 valence electrons. The van der Waals surface area contributed by atoms with Crippen molar-refractivity contribution in [1.82, 2.24) is 4.98 Å². The van der Waals surface area contributed by atoms with E-state index in [4.69, 9.17) is 32.4 Å². The number of halogens is 3. The zero-order chi connectivity index (χ0) is 22.0. The van der Waals surface area contributed by atoms with E-state index in [1.165, 1.54) is 13.2 Å².